The van der Waals surface area contributed by atoms with Gasteiger partial charge in [-0.2, -0.15) is 0 Å². The zero-order valence-electron chi connectivity index (χ0n) is 14.4. The van der Waals surface area contributed by atoms with Gasteiger partial charge >= 0.3 is 0 Å². The summed E-state index contributed by atoms with van der Waals surface area (Å²) in [6, 6.07) is 8.74. The highest BCUT2D eigenvalue weighted by atomic mass is 32.1. The number of carbonyl (C=O) groups excluding carboxylic acids is 2. The third-order valence-electron chi connectivity index (χ3n) is 4.19. The Balaban J connectivity index is 1.98. The fraction of sp³-hybridized carbons (Fsp3) is 0.263. The Morgan fingerprint density at radius 3 is 2.67 bits per heavy atom. The Kier molecular flexibility index (Phi) is 5.90. The molecule has 1 aliphatic rings. The molecule has 7 nitrogen and oxygen atoms in total. The van der Waals surface area contributed by atoms with Crippen LogP contribution in [0.5, 0.6) is 5.75 Å². The predicted octanol–water partition coefficient (Wildman–Crippen LogP) is 2.04. The van der Waals surface area contributed by atoms with Crippen LogP contribution >= 0.6 is 11.3 Å². The summed E-state index contributed by atoms with van der Waals surface area (Å²) >= 11 is 1.22. The molecular weight excluding hydrogens is 370 g/mol. The second-order valence-corrected chi connectivity index (χ2v) is 6.85. The molecule has 0 radical (unpaired) electrons. The van der Waals surface area contributed by atoms with Gasteiger partial charge in [0.25, 0.3) is 5.91 Å². The van der Waals surface area contributed by atoms with E-state index in [0.717, 1.165) is 0 Å². The topological polar surface area (TPSA) is 107 Å². The number of nitrogens with zero attached hydrogens (tertiary/aromatic N) is 1. The number of phenols is 1. The third-order valence-corrected chi connectivity index (χ3v) is 5.06. The Bertz CT molecular complexity index is 861. The summed E-state index contributed by atoms with van der Waals surface area (Å²) in [6.45, 7) is 0.231. The summed E-state index contributed by atoms with van der Waals surface area (Å²) in [7, 11) is 0. The van der Waals surface area contributed by atoms with E-state index < -0.39 is 23.5 Å². The molecule has 0 spiro atoms. The van der Waals surface area contributed by atoms with Crippen molar-refractivity contribution in [2.75, 3.05) is 26.4 Å². The van der Waals surface area contributed by atoms with Crippen molar-refractivity contribution in [3.63, 3.8) is 0 Å². The number of thiophene rings is 1. The lowest BCUT2D eigenvalue weighted by Crippen LogP contribution is -2.34. The molecule has 1 aliphatic heterocycles. The average molecular weight is 389 g/mol. The van der Waals surface area contributed by atoms with Crippen LogP contribution in [0.25, 0.3) is 0 Å². The zero-order chi connectivity index (χ0) is 19.4. The second-order valence-electron chi connectivity index (χ2n) is 5.90. The van der Waals surface area contributed by atoms with Gasteiger partial charge in [-0.05, 0) is 29.1 Å². The number of hydrogen-bond donors (Lipinski definition) is 3. The third kappa shape index (κ3) is 3.87. The number of ether oxygens (including phenoxy) is 1. The number of aliphatic hydroxyl groups is 2. The van der Waals surface area contributed by atoms with Crippen LogP contribution in [0.2, 0.25) is 0 Å². The van der Waals surface area contributed by atoms with Gasteiger partial charge in [0.2, 0.25) is 5.78 Å². The largest absolute Gasteiger partial charge is 0.508 e. The van der Waals surface area contributed by atoms with Crippen LogP contribution in [0.3, 0.4) is 0 Å². The molecule has 3 rings (SSSR count). The summed E-state index contributed by atoms with van der Waals surface area (Å²) in [4.78, 5) is 27.3. The Labute approximate surface area is 159 Å². The molecule has 0 unspecified atom stereocenters. The molecule has 0 aliphatic carbocycles. The number of phenolic OH excluding ortho intramolecular Hbond substituents is 1. The molecule has 1 aromatic carbocycles. The Hall–Kier alpha value is -2.68. The maximum Gasteiger partial charge on any atom is 0.290 e. The Morgan fingerprint density at radius 1 is 1.19 bits per heavy atom. The van der Waals surface area contributed by atoms with Crippen molar-refractivity contribution in [3.05, 3.63) is 63.6 Å². The standard InChI is InChI=1S/C19H19NO6S/c21-7-9-26-8-6-20-16(12-3-1-4-13(22)11-12)15(18(24)19(20)25)17(23)14-5-2-10-27-14/h1-5,10-11,16,21-22,24H,6-9H2/t16-/m1/s1. The van der Waals surface area contributed by atoms with Gasteiger partial charge in [0.05, 0.1) is 36.3 Å². The van der Waals surface area contributed by atoms with E-state index in [0.29, 0.717) is 10.4 Å². The van der Waals surface area contributed by atoms with Gasteiger partial charge in [-0.3, -0.25) is 9.59 Å². The molecule has 142 valence electrons. The second kappa shape index (κ2) is 8.34. The SMILES string of the molecule is O=C(C1=C(O)C(=O)N(CCOCCO)[C@@H]1c1cccc(O)c1)c1cccs1. The number of carbonyl (C=O) groups is 2. The molecule has 1 amide bonds. The summed E-state index contributed by atoms with van der Waals surface area (Å²) in [5, 5.41) is 30.8. The van der Waals surface area contributed by atoms with Crippen molar-refractivity contribution < 1.29 is 29.6 Å². The molecule has 0 bridgehead atoms. The first-order chi connectivity index (χ1) is 13.0. The van der Waals surface area contributed by atoms with E-state index in [2.05, 4.69) is 0 Å². The number of aromatic hydroxyl groups is 1. The van der Waals surface area contributed by atoms with Crippen LogP contribution in [-0.2, 0) is 9.53 Å². The number of aliphatic hydroxyl groups excluding tert-OH is 2. The van der Waals surface area contributed by atoms with E-state index >= 15 is 0 Å². The van der Waals surface area contributed by atoms with Gasteiger partial charge in [-0.1, -0.05) is 18.2 Å². The molecule has 0 fully saturated rings. The van der Waals surface area contributed by atoms with E-state index in [9.17, 15) is 19.8 Å². The highest BCUT2D eigenvalue weighted by Gasteiger charge is 2.43. The van der Waals surface area contributed by atoms with Crippen LogP contribution in [0.4, 0.5) is 0 Å². The summed E-state index contributed by atoms with van der Waals surface area (Å²) < 4.78 is 5.23. The smallest absolute Gasteiger partial charge is 0.290 e. The van der Waals surface area contributed by atoms with Crippen molar-refractivity contribution >= 4 is 23.0 Å². The van der Waals surface area contributed by atoms with Crippen LogP contribution in [0, 0.1) is 0 Å². The van der Waals surface area contributed by atoms with Crippen molar-refractivity contribution in [2.45, 2.75) is 6.04 Å². The monoisotopic (exact) mass is 389 g/mol. The fourth-order valence-corrected chi connectivity index (χ4v) is 3.71. The zero-order valence-corrected chi connectivity index (χ0v) is 15.2. The summed E-state index contributed by atoms with van der Waals surface area (Å²) in [5.41, 5.74) is 0.490. The first kappa shape index (κ1) is 19.1. The minimum atomic E-state index is -0.836. The van der Waals surface area contributed by atoms with Crippen molar-refractivity contribution in [1.29, 1.82) is 0 Å². The van der Waals surface area contributed by atoms with E-state index in [1.165, 1.54) is 28.4 Å². The molecule has 0 saturated carbocycles. The number of rotatable bonds is 8. The predicted molar refractivity (Wildman–Crippen MR) is 98.8 cm³/mol. The molecule has 1 aromatic heterocycles. The van der Waals surface area contributed by atoms with Crippen LogP contribution < -0.4 is 0 Å². The quantitative estimate of drug-likeness (QED) is 0.471. The lowest BCUT2D eigenvalue weighted by Gasteiger charge is -2.26. The molecule has 27 heavy (non-hydrogen) atoms. The minimum absolute atomic E-state index is 0.00857. The van der Waals surface area contributed by atoms with Gasteiger partial charge in [0.1, 0.15) is 5.75 Å². The van der Waals surface area contributed by atoms with Gasteiger partial charge in [0, 0.05) is 6.54 Å². The molecule has 2 heterocycles. The fourth-order valence-electron chi connectivity index (χ4n) is 3.03. The summed E-state index contributed by atoms with van der Waals surface area (Å²) in [6.07, 6.45) is 0. The summed E-state index contributed by atoms with van der Waals surface area (Å²) in [5.74, 6) is -1.70. The molecule has 3 N–H and O–H groups in total. The molecule has 1 atom stereocenters. The maximum atomic E-state index is 12.9. The number of amides is 1. The number of Topliss-reactive ketones (excluding diaryl/α,β-unsaturated/α-hetero) is 1. The molecular formula is C19H19NO6S. The van der Waals surface area contributed by atoms with Gasteiger partial charge in [-0.25, -0.2) is 0 Å². The maximum absolute atomic E-state index is 12.9. The number of benzene rings is 1. The first-order valence-corrected chi connectivity index (χ1v) is 9.22. The van der Waals surface area contributed by atoms with Gasteiger partial charge in [0.15, 0.2) is 5.76 Å². The van der Waals surface area contributed by atoms with E-state index in [-0.39, 0.29) is 37.7 Å². The van der Waals surface area contributed by atoms with Crippen molar-refractivity contribution in [2.24, 2.45) is 0 Å². The Morgan fingerprint density at radius 2 is 2.00 bits per heavy atom. The average Bonchev–Trinajstić information content (AvgIpc) is 3.27. The lowest BCUT2D eigenvalue weighted by atomic mass is 9.95. The van der Waals surface area contributed by atoms with Crippen LogP contribution in [0.1, 0.15) is 21.3 Å². The molecule has 0 saturated heterocycles. The number of hydrogen-bond acceptors (Lipinski definition) is 7. The van der Waals surface area contributed by atoms with Crippen LogP contribution in [0.15, 0.2) is 53.1 Å². The highest BCUT2D eigenvalue weighted by molar-refractivity contribution is 7.12. The van der Waals surface area contributed by atoms with Crippen LogP contribution in [-0.4, -0.2) is 58.3 Å². The first-order valence-electron chi connectivity index (χ1n) is 8.34. The highest BCUT2D eigenvalue weighted by Crippen LogP contribution is 2.40. The molecule has 2 aromatic rings. The molecule has 8 heteroatoms. The lowest BCUT2D eigenvalue weighted by molar-refractivity contribution is -0.130. The minimum Gasteiger partial charge on any atom is -0.508 e. The van der Waals surface area contributed by atoms with E-state index in [1.54, 1.807) is 29.6 Å². The van der Waals surface area contributed by atoms with Crippen molar-refractivity contribution in [1.82, 2.24) is 4.90 Å². The van der Waals surface area contributed by atoms with E-state index in [4.69, 9.17) is 9.84 Å². The number of ketones is 1. The van der Waals surface area contributed by atoms with Crippen molar-refractivity contribution in [3.8, 4) is 5.75 Å². The normalized spacial score (nSPS) is 17.0. The van der Waals surface area contributed by atoms with Gasteiger partial charge < -0.3 is 25.0 Å². The van der Waals surface area contributed by atoms with Gasteiger partial charge in [-0.15, -0.1) is 11.3 Å². The van der Waals surface area contributed by atoms with E-state index in [1.807, 2.05) is 0 Å².